The van der Waals surface area contributed by atoms with Crippen LogP contribution in [0.1, 0.15) is 6.92 Å². The minimum Gasteiger partial charge on any atom is -0.463 e. The topological polar surface area (TPSA) is 63.2 Å². The third-order valence-electron chi connectivity index (χ3n) is 2.83. The second-order valence-electron chi connectivity index (χ2n) is 3.85. The van der Waals surface area contributed by atoms with Crippen molar-refractivity contribution in [3.05, 3.63) is 0 Å². The van der Waals surface area contributed by atoms with E-state index < -0.39 is 0 Å². The van der Waals surface area contributed by atoms with Crippen molar-refractivity contribution in [1.29, 1.82) is 0 Å². The first-order valence-electron chi connectivity index (χ1n) is 5.47. The molecular formula is C11H20O6. The first kappa shape index (κ1) is 14.4. The van der Waals surface area contributed by atoms with Crippen molar-refractivity contribution >= 4 is 5.97 Å². The molecule has 100 valence electrons. The van der Waals surface area contributed by atoms with Gasteiger partial charge in [-0.2, -0.15) is 0 Å². The van der Waals surface area contributed by atoms with E-state index in [-0.39, 0.29) is 37.0 Å². The highest BCUT2D eigenvalue weighted by molar-refractivity contribution is 5.65. The van der Waals surface area contributed by atoms with Crippen LogP contribution in [0.2, 0.25) is 0 Å². The Hall–Kier alpha value is -0.690. The van der Waals surface area contributed by atoms with Crippen LogP contribution in [-0.2, 0) is 28.5 Å². The van der Waals surface area contributed by atoms with Crippen molar-refractivity contribution in [1.82, 2.24) is 0 Å². The van der Waals surface area contributed by atoms with E-state index >= 15 is 0 Å². The van der Waals surface area contributed by atoms with Gasteiger partial charge in [0.1, 0.15) is 31.0 Å². The lowest BCUT2D eigenvalue weighted by molar-refractivity contribution is -0.221. The normalized spacial score (nSPS) is 33.4. The predicted molar refractivity (Wildman–Crippen MR) is 58.8 cm³/mol. The van der Waals surface area contributed by atoms with Gasteiger partial charge in [-0.1, -0.05) is 0 Å². The number of carbonyl (C=O) groups excluding carboxylic acids is 1. The zero-order valence-electron chi connectivity index (χ0n) is 10.7. The van der Waals surface area contributed by atoms with Gasteiger partial charge in [-0.15, -0.1) is 0 Å². The summed E-state index contributed by atoms with van der Waals surface area (Å²) in [5.41, 5.74) is 0. The molecule has 1 fully saturated rings. The molecule has 0 aliphatic carbocycles. The van der Waals surface area contributed by atoms with Crippen LogP contribution < -0.4 is 0 Å². The zero-order chi connectivity index (χ0) is 12.8. The minimum atomic E-state index is -0.341. The van der Waals surface area contributed by atoms with E-state index in [0.29, 0.717) is 6.61 Å². The Kier molecular flexibility index (Phi) is 5.84. The second kappa shape index (κ2) is 6.90. The van der Waals surface area contributed by atoms with Gasteiger partial charge in [-0.25, -0.2) is 0 Å². The van der Waals surface area contributed by atoms with Crippen LogP contribution >= 0.6 is 0 Å². The Morgan fingerprint density at radius 3 is 2.29 bits per heavy atom. The van der Waals surface area contributed by atoms with E-state index in [1.165, 1.54) is 6.92 Å². The van der Waals surface area contributed by atoms with Crippen LogP contribution in [-0.4, -0.2) is 64.9 Å². The molecule has 6 nitrogen and oxygen atoms in total. The number of hydrogen-bond acceptors (Lipinski definition) is 6. The third-order valence-corrected chi connectivity index (χ3v) is 2.83. The summed E-state index contributed by atoms with van der Waals surface area (Å²) in [7, 11) is 4.76. The summed E-state index contributed by atoms with van der Waals surface area (Å²) in [6, 6.07) is 0. The van der Waals surface area contributed by atoms with Crippen LogP contribution in [0.4, 0.5) is 0 Å². The van der Waals surface area contributed by atoms with Crippen LogP contribution in [0.3, 0.4) is 0 Å². The average molecular weight is 248 g/mol. The van der Waals surface area contributed by atoms with Gasteiger partial charge in [0.15, 0.2) is 0 Å². The van der Waals surface area contributed by atoms with Crippen LogP contribution in [0.15, 0.2) is 0 Å². The predicted octanol–water partition coefficient (Wildman–Crippen LogP) is -0.00670. The Balaban J connectivity index is 2.63. The molecule has 1 aliphatic rings. The van der Waals surface area contributed by atoms with Crippen molar-refractivity contribution in [3.63, 3.8) is 0 Å². The highest BCUT2D eigenvalue weighted by Gasteiger charge is 2.41. The van der Waals surface area contributed by atoms with Crippen LogP contribution in [0, 0.1) is 0 Å². The monoisotopic (exact) mass is 248 g/mol. The number of ether oxygens (including phenoxy) is 5. The number of rotatable bonds is 5. The molecule has 0 N–H and O–H groups in total. The van der Waals surface area contributed by atoms with Crippen molar-refractivity contribution < 1.29 is 28.5 Å². The molecule has 17 heavy (non-hydrogen) atoms. The zero-order valence-corrected chi connectivity index (χ0v) is 10.7. The molecule has 0 aromatic heterocycles. The lowest BCUT2D eigenvalue weighted by Crippen LogP contribution is -2.56. The van der Waals surface area contributed by atoms with E-state index in [1.54, 1.807) is 21.3 Å². The molecule has 0 saturated carbocycles. The van der Waals surface area contributed by atoms with Crippen LogP contribution in [0.25, 0.3) is 0 Å². The number of carbonyl (C=O) groups is 1. The van der Waals surface area contributed by atoms with E-state index in [0.717, 1.165) is 0 Å². The van der Waals surface area contributed by atoms with Gasteiger partial charge >= 0.3 is 5.97 Å². The number of esters is 1. The summed E-state index contributed by atoms with van der Waals surface area (Å²) in [4.78, 5) is 10.8. The Morgan fingerprint density at radius 1 is 1.18 bits per heavy atom. The van der Waals surface area contributed by atoms with E-state index in [4.69, 9.17) is 23.7 Å². The van der Waals surface area contributed by atoms with Gasteiger partial charge in [0, 0.05) is 28.3 Å². The molecule has 0 bridgehead atoms. The quantitative estimate of drug-likeness (QED) is 0.638. The van der Waals surface area contributed by atoms with Crippen molar-refractivity contribution in [2.24, 2.45) is 0 Å². The molecule has 1 saturated heterocycles. The fraction of sp³-hybridized carbons (Fsp3) is 0.909. The smallest absolute Gasteiger partial charge is 0.302 e. The van der Waals surface area contributed by atoms with Crippen LogP contribution in [0.5, 0.6) is 0 Å². The van der Waals surface area contributed by atoms with E-state index in [9.17, 15) is 4.79 Å². The lowest BCUT2D eigenvalue weighted by Gasteiger charge is -2.40. The molecule has 0 aromatic carbocycles. The van der Waals surface area contributed by atoms with Gasteiger partial charge < -0.3 is 23.7 Å². The average Bonchev–Trinajstić information content (AvgIpc) is 2.34. The molecule has 1 heterocycles. The molecule has 0 unspecified atom stereocenters. The summed E-state index contributed by atoms with van der Waals surface area (Å²) in [6.45, 7) is 1.90. The SMILES string of the molecule is CO[C@H]1[C@H](OC)[C@@H](COC(C)=O)OC[C@H]1OC. The molecule has 0 aromatic rings. The first-order valence-corrected chi connectivity index (χ1v) is 5.47. The fourth-order valence-electron chi connectivity index (χ4n) is 1.95. The summed E-state index contributed by atoms with van der Waals surface area (Å²) < 4.78 is 26.5. The van der Waals surface area contributed by atoms with E-state index in [1.807, 2.05) is 0 Å². The van der Waals surface area contributed by atoms with Crippen molar-refractivity contribution in [3.8, 4) is 0 Å². The summed E-state index contributed by atoms with van der Waals surface area (Å²) in [6.07, 6.45) is -1.07. The Bertz CT molecular complexity index is 244. The van der Waals surface area contributed by atoms with Crippen molar-refractivity contribution in [2.75, 3.05) is 34.5 Å². The Morgan fingerprint density at radius 2 is 1.82 bits per heavy atom. The largest absolute Gasteiger partial charge is 0.463 e. The van der Waals surface area contributed by atoms with Gasteiger partial charge in [0.2, 0.25) is 0 Å². The summed E-state index contributed by atoms with van der Waals surface area (Å²) in [5.74, 6) is -0.341. The third kappa shape index (κ3) is 3.64. The molecule has 6 heteroatoms. The Labute approximate surface area is 101 Å². The van der Waals surface area contributed by atoms with Gasteiger partial charge in [0.05, 0.1) is 6.61 Å². The minimum absolute atomic E-state index is 0.157. The molecule has 0 amide bonds. The lowest BCUT2D eigenvalue weighted by atomic mass is 10.00. The molecule has 4 atom stereocenters. The highest BCUT2D eigenvalue weighted by Crippen LogP contribution is 2.22. The van der Waals surface area contributed by atoms with Crippen molar-refractivity contribution in [2.45, 2.75) is 31.3 Å². The molecule has 1 aliphatic heterocycles. The fourth-order valence-corrected chi connectivity index (χ4v) is 1.95. The molecule has 1 rings (SSSR count). The maximum Gasteiger partial charge on any atom is 0.302 e. The number of hydrogen-bond donors (Lipinski definition) is 0. The maximum atomic E-state index is 10.8. The highest BCUT2D eigenvalue weighted by atomic mass is 16.6. The summed E-state index contributed by atoms with van der Waals surface area (Å²) >= 11 is 0. The number of methoxy groups -OCH3 is 3. The maximum absolute atomic E-state index is 10.8. The standard InChI is InChI=1S/C11H20O6/c1-7(12)16-6-9-11(15-4)10(14-3)8(13-2)5-17-9/h8-11H,5-6H2,1-4H3/t8-,9-,10-,11-/m1/s1. The first-order chi connectivity index (χ1) is 8.13. The van der Waals surface area contributed by atoms with Gasteiger partial charge in [-0.05, 0) is 0 Å². The summed E-state index contributed by atoms with van der Waals surface area (Å²) in [5, 5.41) is 0. The second-order valence-corrected chi connectivity index (χ2v) is 3.85. The van der Waals surface area contributed by atoms with E-state index in [2.05, 4.69) is 0 Å². The van der Waals surface area contributed by atoms with Gasteiger partial charge in [0.25, 0.3) is 0 Å². The molecule has 0 spiro atoms. The molecular weight excluding hydrogens is 228 g/mol. The van der Waals surface area contributed by atoms with Gasteiger partial charge in [-0.3, -0.25) is 4.79 Å². The molecule has 0 radical (unpaired) electrons.